The summed E-state index contributed by atoms with van der Waals surface area (Å²) in [6.07, 6.45) is 0.734. The van der Waals surface area contributed by atoms with Gasteiger partial charge >= 0.3 is 0 Å². The van der Waals surface area contributed by atoms with Gasteiger partial charge in [0.2, 0.25) is 5.91 Å². The number of aromatic nitrogens is 2. The maximum absolute atomic E-state index is 12.2. The van der Waals surface area contributed by atoms with Crippen molar-refractivity contribution in [3.63, 3.8) is 0 Å². The quantitative estimate of drug-likeness (QED) is 0.626. The summed E-state index contributed by atoms with van der Waals surface area (Å²) in [5.41, 5.74) is 1.79. The van der Waals surface area contributed by atoms with E-state index in [-0.39, 0.29) is 11.8 Å². The van der Waals surface area contributed by atoms with Crippen LogP contribution in [0.4, 0.5) is 17.2 Å². The highest BCUT2D eigenvalue weighted by atomic mass is 16.5. The highest BCUT2D eigenvalue weighted by molar-refractivity contribution is 5.93. The van der Waals surface area contributed by atoms with E-state index < -0.39 is 0 Å². The SMILES string of the molecule is COCCCNC(=O)c1cc(Nc2ccc(NC(C)=O)cc2)nc(C)n1. The first-order valence-electron chi connectivity index (χ1n) is 8.25. The smallest absolute Gasteiger partial charge is 0.270 e. The van der Waals surface area contributed by atoms with Crippen LogP contribution >= 0.6 is 0 Å². The molecule has 138 valence electrons. The normalized spacial score (nSPS) is 10.3. The second-order valence-electron chi connectivity index (χ2n) is 5.67. The Morgan fingerprint density at radius 1 is 1.12 bits per heavy atom. The summed E-state index contributed by atoms with van der Waals surface area (Å²) in [5, 5.41) is 8.64. The minimum Gasteiger partial charge on any atom is -0.385 e. The molecular weight excluding hydrogens is 334 g/mol. The first-order chi connectivity index (χ1) is 12.5. The van der Waals surface area contributed by atoms with Crippen molar-refractivity contribution in [2.75, 3.05) is 30.9 Å². The van der Waals surface area contributed by atoms with E-state index in [1.807, 2.05) is 12.1 Å². The molecule has 2 rings (SSSR count). The van der Waals surface area contributed by atoms with E-state index in [1.54, 1.807) is 32.2 Å². The number of methoxy groups -OCH3 is 1. The molecule has 3 N–H and O–H groups in total. The largest absolute Gasteiger partial charge is 0.385 e. The molecule has 0 aliphatic heterocycles. The van der Waals surface area contributed by atoms with Gasteiger partial charge in [-0.1, -0.05) is 0 Å². The Morgan fingerprint density at radius 3 is 2.46 bits per heavy atom. The molecule has 26 heavy (non-hydrogen) atoms. The van der Waals surface area contributed by atoms with Gasteiger partial charge in [0.1, 0.15) is 17.3 Å². The third-order valence-electron chi connectivity index (χ3n) is 3.36. The Kier molecular flexibility index (Phi) is 7.04. The summed E-state index contributed by atoms with van der Waals surface area (Å²) in [5.74, 6) is 0.632. The Morgan fingerprint density at radius 2 is 1.81 bits per heavy atom. The molecule has 0 unspecified atom stereocenters. The number of carbonyl (C=O) groups excluding carboxylic acids is 2. The lowest BCUT2D eigenvalue weighted by Gasteiger charge is -2.10. The van der Waals surface area contributed by atoms with Gasteiger partial charge in [-0.05, 0) is 37.6 Å². The van der Waals surface area contributed by atoms with Crippen LogP contribution in [0.15, 0.2) is 30.3 Å². The van der Waals surface area contributed by atoms with Gasteiger partial charge in [-0.3, -0.25) is 9.59 Å². The van der Waals surface area contributed by atoms with Crippen LogP contribution < -0.4 is 16.0 Å². The first-order valence-corrected chi connectivity index (χ1v) is 8.25. The fraction of sp³-hybridized carbons (Fsp3) is 0.333. The van der Waals surface area contributed by atoms with Crippen LogP contribution in [-0.2, 0) is 9.53 Å². The van der Waals surface area contributed by atoms with Crippen molar-refractivity contribution in [2.24, 2.45) is 0 Å². The number of benzene rings is 1. The van der Waals surface area contributed by atoms with Crippen LogP contribution in [0.25, 0.3) is 0 Å². The van der Waals surface area contributed by atoms with Crippen molar-refractivity contribution < 1.29 is 14.3 Å². The minimum atomic E-state index is -0.254. The number of aryl methyl sites for hydroxylation is 1. The van der Waals surface area contributed by atoms with Gasteiger partial charge in [0, 0.05) is 44.6 Å². The van der Waals surface area contributed by atoms with Crippen LogP contribution in [0.5, 0.6) is 0 Å². The number of hydrogen-bond acceptors (Lipinski definition) is 6. The second kappa shape index (κ2) is 9.47. The van der Waals surface area contributed by atoms with E-state index in [9.17, 15) is 9.59 Å². The molecule has 0 fully saturated rings. The van der Waals surface area contributed by atoms with E-state index in [4.69, 9.17) is 4.74 Å². The molecule has 2 amide bonds. The van der Waals surface area contributed by atoms with Crippen molar-refractivity contribution >= 4 is 29.0 Å². The molecule has 1 aromatic carbocycles. The molecule has 0 saturated carbocycles. The fourth-order valence-electron chi connectivity index (χ4n) is 2.25. The summed E-state index contributed by atoms with van der Waals surface area (Å²) >= 11 is 0. The van der Waals surface area contributed by atoms with Crippen LogP contribution in [0.1, 0.15) is 29.7 Å². The molecular formula is C18H23N5O3. The number of anilines is 3. The highest BCUT2D eigenvalue weighted by Gasteiger charge is 2.10. The zero-order chi connectivity index (χ0) is 18.9. The van der Waals surface area contributed by atoms with Gasteiger partial charge in [-0.15, -0.1) is 0 Å². The second-order valence-corrected chi connectivity index (χ2v) is 5.67. The van der Waals surface area contributed by atoms with Crippen LogP contribution in [0.3, 0.4) is 0 Å². The zero-order valence-electron chi connectivity index (χ0n) is 15.1. The molecule has 8 nitrogen and oxygen atoms in total. The number of nitrogens with one attached hydrogen (secondary N) is 3. The predicted octanol–water partition coefficient (Wildman–Crippen LogP) is 2.25. The summed E-state index contributed by atoms with van der Waals surface area (Å²) in [7, 11) is 1.62. The highest BCUT2D eigenvalue weighted by Crippen LogP contribution is 2.18. The molecule has 0 spiro atoms. The third kappa shape index (κ3) is 6.14. The molecule has 0 aliphatic rings. The van der Waals surface area contributed by atoms with Crippen molar-refractivity contribution in [2.45, 2.75) is 20.3 Å². The number of hydrogen-bond donors (Lipinski definition) is 3. The Labute approximate surface area is 152 Å². The van der Waals surface area contributed by atoms with Gasteiger partial charge in [-0.25, -0.2) is 9.97 Å². The number of rotatable bonds is 8. The maximum Gasteiger partial charge on any atom is 0.270 e. The standard InChI is InChI=1S/C18H23N5O3/c1-12-20-16(18(25)19-9-4-10-26-3)11-17(21-12)23-15-7-5-14(6-8-15)22-13(2)24/h5-8,11H,4,9-10H2,1-3H3,(H,19,25)(H,22,24)(H,20,21,23). The summed E-state index contributed by atoms with van der Waals surface area (Å²) in [6, 6.07) is 8.78. The summed E-state index contributed by atoms with van der Waals surface area (Å²) < 4.78 is 4.95. The first kappa shape index (κ1) is 19.3. The van der Waals surface area contributed by atoms with E-state index >= 15 is 0 Å². The van der Waals surface area contributed by atoms with Gasteiger partial charge in [0.15, 0.2) is 0 Å². The topological polar surface area (TPSA) is 105 Å². The third-order valence-corrected chi connectivity index (χ3v) is 3.36. The lowest BCUT2D eigenvalue weighted by molar-refractivity contribution is -0.114. The lowest BCUT2D eigenvalue weighted by atomic mass is 10.2. The van der Waals surface area contributed by atoms with Crippen LogP contribution in [0, 0.1) is 6.92 Å². The molecule has 0 saturated heterocycles. The average molecular weight is 357 g/mol. The van der Waals surface area contributed by atoms with E-state index in [0.717, 1.165) is 12.1 Å². The molecule has 1 heterocycles. The number of carbonyl (C=O) groups is 2. The van der Waals surface area contributed by atoms with Crippen LogP contribution in [-0.4, -0.2) is 42.0 Å². The monoisotopic (exact) mass is 357 g/mol. The Hall–Kier alpha value is -3.00. The lowest BCUT2D eigenvalue weighted by Crippen LogP contribution is -2.26. The average Bonchev–Trinajstić information content (AvgIpc) is 2.59. The summed E-state index contributed by atoms with van der Waals surface area (Å²) in [6.45, 7) is 4.29. The van der Waals surface area contributed by atoms with E-state index in [1.165, 1.54) is 6.92 Å². The molecule has 8 heteroatoms. The Balaban J connectivity index is 2.04. The van der Waals surface area contributed by atoms with Gasteiger partial charge in [0.05, 0.1) is 0 Å². The van der Waals surface area contributed by atoms with Gasteiger partial charge in [0.25, 0.3) is 5.91 Å². The van der Waals surface area contributed by atoms with Crippen molar-refractivity contribution in [1.29, 1.82) is 0 Å². The van der Waals surface area contributed by atoms with E-state index in [0.29, 0.717) is 36.2 Å². The molecule has 0 aliphatic carbocycles. The number of nitrogens with zero attached hydrogens (tertiary/aromatic N) is 2. The van der Waals surface area contributed by atoms with E-state index in [2.05, 4.69) is 25.9 Å². The fourth-order valence-corrected chi connectivity index (χ4v) is 2.25. The van der Waals surface area contributed by atoms with Gasteiger partial charge in [-0.2, -0.15) is 0 Å². The molecule has 2 aromatic rings. The summed E-state index contributed by atoms with van der Waals surface area (Å²) in [4.78, 5) is 31.7. The van der Waals surface area contributed by atoms with Crippen molar-refractivity contribution in [1.82, 2.24) is 15.3 Å². The molecule has 1 aromatic heterocycles. The Bertz CT molecular complexity index is 762. The molecule has 0 radical (unpaired) electrons. The minimum absolute atomic E-state index is 0.127. The molecule has 0 atom stereocenters. The van der Waals surface area contributed by atoms with Crippen LogP contribution in [0.2, 0.25) is 0 Å². The zero-order valence-corrected chi connectivity index (χ0v) is 15.1. The van der Waals surface area contributed by atoms with Crippen molar-refractivity contribution in [3.8, 4) is 0 Å². The van der Waals surface area contributed by atoms with Gasteiger partial charge < -0.3 is 20.7 Å². The number of amides is 2. The van der Waals surface area contributed by atoms with Crippen molar-refractivity contribution in [3.05, 3.63) is 41.9 Å². The predicted molar refractivity (Wildman–Crippen MR) is 99.6 cm³/mol. The number of ether oxygens (including phenoxy) is 1. The molecule has 0 bridgehead atoms. The maximum atomic E-state index is 12.2.